The van der Waals surface area contributed by atoms with Crippen molar-refractivity contribution in [2.24, 2.45) is 0 Å². The van der Waals surface area contributed by atoms with Gasteiger partial charge >= 0.3 is 0 Å². The Bertz CT molecular complexity index is 972. The number of benzene rings is 1. The number of methoxy groups -OCH3 is 1. The van der Waals surface area contributed by atoms with Crippen LogP contribution < -0.4 is 4.74 Å². The van der Waals surface area contributed by atoms with Gasteiger partial charge in [0.05, 0.1) is 17.7 Å². The number of hydrogen-bond acceptors (Lipinski definition) is 8. The van der Waals surface area contributed by atoms with Gasteiger partial charge in [0, 0.05) is 28.3 Å². The molecule has 0 bridgehead atoms. The molecule has 1 aliphatic rings. The molecular formula is C20H21FO6S2. The van der Waals surface area contributed by atoms with Crippen molar-refractivity contribution in [1.82, 2.24) is 0 Å². The molecule has 29 heavy (non-hydrogen) atoms. The number of fused-ring (bicyclic) bond motifs is 1. The van der Waals surface area contributed by atoms with E-state index in [1.807, 2.05) is 17.5 Å². The standard InChI is InChI=1S/C20H21FO6S2/c1-26-14-7-13(21)10(5-11-4-9-2-3-28-20(9)29-11)6-12(14)19-18(25)17(24)16(23)15(8-22)27-19/h2-4,6-7,15-19,22-25H,5,8H2,1H3/t15-,16-,17+,18-,19+/m1/s1. The lowest BCUT2D eigenvalue weighted by molar-refractivity contribution is -0.232. The van der Waals surface area contributed by atoms with Crippen molar-refractivity contribution in [1.29, 1.82) is 0 Å². The fourth-order valence-electron chi connectivity index (χ4n) is 3.60. The lowest BCUT2D eigenvalue weighted by atomic mass is 9.89. The molecule has 3 heterocycles. The van der Waals surface area contributed by atoms with Gasteiger partial charge < -0.3 is 29.9 Å². The van der Waals surface area contributed by atoms with Gasteiger partial charge in [-0.2, -0.15) is 0 Å². The van der Waals surface area contributed by atoms with E-state index in [9.17, 15) is 24.8 Å². The fourth-order valence-corrected chi connectivity index (χ4v) is 5.78. The number of thiophene rings is 2. The zero-order valence-corrected chi connectivity index (χ0v) is 17.1. The Balaban J connectivity index is 1.70. The van der Waals surface area contributed by atoms with Crippen molar-refractivity contribution in [3.8, 4) is 5.75 Å². The van der Waals surface area contributed by atoms with Crippen LogP contribution in [0.25, 0.3) is 9.40 Å². The van der Waals surface area contributed by atoms with Crippen molar-refractivity contribution in [2.75, 3.05) is 13.7 Å². The van der Waals surface area contributed by atoms with E-state index in [0.29, 0.717) is 17.5 Å². The number of hydrogen-bond donors (Lipinski definition) is 4. The summed E-state index contributed by atoms with van der Waals surface area (Å²) >= 11 is 3.23. The molecule has 1 fully saturated rings. The van der Waals surface area contributed by atoms with Crippen LogP contribution in [0.3, 0.4) is 0 Å². The predicted molar refractivity (Wildman–Crippen MR) is 108 cm³/mol. The largest absolute Gasteiger partial charge is 0.496 e. The Labute approximate surface area is 174 Å². The monoisotopic (exact) mass is 440 g/mol. The van der Waals surface area contributed by atoms with Gasteiger partial charge in [-0.3, -0.25) is 0 Å². The van der Waals surface area contributed by atoms with Crippen LogP contribution in [-0.2, 0) is 11.2 Å². The molecule has 0 radical (unpaired) electrons. The number of rotatable bonds is 5. The third-order valence-electron chi connectivity index (χ3n) is 5.16. The van der Waals surface area contributed by atoms with Crippen LogP contribution in [0.1, 0.15) is 22.1 Å². The summed E-state index contributed by atoms with van der Waals surface area (Å²) in [7, 11) is 1.37. The minimum atomic E-state index is -1.52. The van der Waals surface area contributed by atoms with Gasteiger partial charge in [0.2, 0.25) is 0 Å². The van der Waals surface area contributed by atoms with Gasteiger partial charge in [0.1, 0.15) is 42.1 Å². The minimum Gasteiger partial charge on any atom is -0.496 e. The molecule has 0 aliphatic carbocycles. The summed E-state index contributed by atoms with van der Waals surface area (Å²) in [5.41, 5.74) is 0.742. The van der Waals surface area contributed by atoms with Gasteiger partial charge in [0.15, 0.2) is 0 Å². The quantitative estimate of drug-likeness (QED) is 0.486. The van der Waals surface area contributed by atoms with Crippen molar-refractivity contribution in [3.05, 3.63) is 51.5 Å². The first-order valence-electron chi connectivity index (χ1n) is 9.05. The van der Waals surface area contributed by atoms with E-state index in [1.54, 1.807) is 28.7 Å². The third kappa shape index (κ3) is 3.79. The number of halogens is 1. The van der Waals surface area contributed by atoms with Crippen LogP contribution in [0.5, 0.6) is 5.75 Å². The van der Waals surface area contributed by atoms with Crippen LogP contribution in [-0.4, -0.2) is 58.6 Å². The summed E-state index contributed by atoms with van der Waals surface area (Å²) < 4.78 is 26.8. The normalized spacial score (nSPS) is 27.4. The Morgan fingerprint density at radius 2 is 1.93 bits per heavy atom. The van der Waals surface area contributed by atoms with Gasteiger partial charge in [-0.25, -0.2) is 4.39 Å². The van der Waals surface area contributed by atoms with E-state index < -0.39 is 42.9 Å². The van der Waals surface area contributed by atoms with Gasteiger partial charge in [-0.05, 0) is 29.1 Å². The molecule has 1 aromatic carbocycles. The lowest BCUT2D eigenvalue weighted by Crippen LogP contribution is -2.55. The highest BCUT2D eigenvalue weighted by Gasteiger charge is 2.45. The third-order valence-corrected chi connectivity index (χ3v) is 7.37. The van der Waals surface area contributed by atoms with Crippen molar-refractivity contribution in [2.45, 2.75) is 36.9 Å². The van der Waals surface area contributed by atoms with Crippen molar-refractivity contribution < 1.29 is 34.3 Å². The van der Waals surface area contributed by atoms with Crippen molar-refractivity contribution >= 4 is 32.1 Å². The number of aliphatic hydroxyl groups excluding tert-OH is 4. The van der Waals surface area contributed by atoms with Crippen molar-refractivity contribution in [3.63, 3.8) is 0 Å². The Kier molecular flexibility index (Phi) is 5.90. The second-order valence-electron chi connectivity index (χ2n) is 6.99. The van der Waals surface area contributed by atoms with Gasteiger partial charge in [-0.1, -0.05) is 0 Å². The molecule has 2 aromatic heterocycles. The maximum absolute atomic E-state index is 14.7. The zero-order valence-electron chi connectivity index (χ0n) is 15.5. The number of aliphatic hydroxyl groups is 4. The first kappa shape index (κ1) is 20.7. The molecule has 4 N–H and O–H groups in total. The molecule has 1 aliphatic heterocycles. The smallest absolute Gasteiger partial charge is 0.130 e. The van der Waals surface area contributed by atoms with Crippen LogP contribution >= 0.6 is 22.7 Å². The molecule has 0 saturated carbocycles. The second-order valence-corrected chi connectivity index (χ2v) is 9.30. The molecule has 3 aromatic rings. The predicted octanol–water partition coefficient (Wildman–Crippen LogP) is 2.22. The topological polar surface area (TPSA) is 99.4 Å². The maximum atomic E-state index is 14.7. The summed E-state index contributed by atoms with van der Waals surface area (Å²) in [5, 5.41) is 43.1. The van der Waals surface area contributed by atoms with Crippen LogP contribution in [0, 0.1) is 5.82 Å². The fraction of sp³-hybridized carbons (Fsp3) is 0.400. The van der Waals surface area contributed by atoms with E-state index in [-0.39, 0.29) is 5.75 Å². The van der Waals surface area contributed by atoms with E-state index in [1.165, 1.54) is 17.2 Å². The highest BCUT2D eigenvalue weighted by Crippen LogP contribution is 2.39. The molecule has 156 valence electrons. The molecule has 5 atom stereocenters. The zero-order chi connectivity index (χ0) is 20.7. The van der Waals surface area contributed by atoms with Crippen LogP contribution in [0.2, 0.25) is 0 Å². The summed E-state index contributed by atoms with van der Waals surface area (Å²) in [6.45, 7) is -0.538. The Morgan fingerprint density at radius 1 is 1.14 bits per heavy atom. The van der Waals surface area contributed by atoms with Crippen LogP contribution in [0.15, 0.2) is 29.6 Å². The summed E-state index contributed by atoms with van der Waals surface area (Å²) in [6, 6.07) is 6.81. The molecular weight excluding hydrogens is 419 g/mol. The molecule has 9 heteroatoms. The SMILES string of the molecule is COc1cc(F)c(Cc2cc3ccsc3s2)cc1[C@@H]1O[C@H](CO)[C@@H](O)[C@H](O)[C@H]1O. The van der Waals surface area contributed by atoms with E-state index in [2.05, 4.69) is 0 Å². The van der Waals surface area contributed by atoms with Crippen LogP contribution in [0.4, 0.5) is 4.39 Å². The van der Waals surface area contributed by atoms with E-state index in [0.717, 1.165) is 10.3 Å². The molecule has 0 unspecified atom stereocenters. The number of ether oxygens (including phenoxy) is 2. The average molecular weight is 441 g/mol. The van der Waals surface area contributed by atoms with Gasteiger partial charge in [0.25, 0.3) is 0 Å². The molecule has 1 saturated heterocycles. The first-order chi connectivity index (χ1) is 13.9. The first-order valence-corrected chi connectivity index (χ1v) is 10.7. The lowest BCUT2D eigenvalue weighted by Gasteiger charge is -2.40. The molecule has 4 rings (SSSR count). The molecule has 0 amide bonds. The second kappa shape index (κ2) is 8.27. The maximum Gasteiger partial charge on any atom is 0.130 e. The summed E-state index contributed by atoms with van der Waals surface area (Å²) in [5.74, 6) is -0.297. The highest BCUT2D eigenvalue weighted by molar-refractivity contribution is 7.37. The Hall–Kier alpha value is -1.59. The van der Waals surface area contributed by atoms with Gasteiger partial charge in [-0.15, -0.1) is 22.7 Å². The molecule has 0 spiro atoms. The van der Waals surface area contributed by atoms with E-state index in [4.69, 9.17) is 9.47 Å². The molecule has 6 nitrogen and oxygen atoms in total. The Morgan fingerprint density at radius 3 is 2.62 bits per heavy atom. The summed E-state index contributed by atoms with van der Waals surface area (Å²) in [6.07, 6.45) is -6.24. The highest BCUT2D eigenvalue weighted by atomic mass is 32.2. The average Bonchev–Trinajstić information content (AvgIpc) is 3.29. The summed E-state index contributed by atoms with van der Waals surface area (Å²) in [4.78, 5) is 0.996. The van der Waals surface area contributed by atoms with E-state index >= 15 is 0 Å². The minimum absolute atomic E-state index is 0.155.